The zero-order valence-electron chi connectivity index (χ0n) is 12.1. The number of hydrogen-bond donors (Lipinski definition) is 2. The smallest absolute Gasteiger partial charge is 0.142 e. The summed E-state index contributed by atoms with van der Waals surface area (Å²) in [6.07, 6.45) is 1.18. The van der Waals surface area contributed by atoms with E-state index in [9.17, 15) is 5.11 Å². The minimum absolute atomic E-state index is 0.169. The van der Waals surface area contributed by atoms with E-state index in [1.54, 1.807) is 33.5 Å². The lowest BCUT2D eigenvalue weighted by Crippen LogP contribution is -2.32. The van der Waals surface area contributed by atoms with Crippen LogP contribution in [0.15, 0.2) is 16.6 Å². The minimum Gasteiger partial charge on any atom is -0.495 e. The summed E-state index contributed by atoms with van der Waals surface area (Å²) in [4.78, 5) is 0. The van der Waals surface area contributed by atoms with Crippen molar-refractivity contribution in [3.05, 3.63) is 22.2 Å². The largest absolute Gasteiger partial charge is 0.495 e. The minimum atomic E-state index is -1.14. The second kappa shape index (κ2) is 7.83. The quantitative estimate of drug-likeness (QED) is 0.752. The molecule has 0 amide bonds. The number of nitrogens with two attached hydrogens (primary N) is 1. The van der Waals surface area contributed by atoms with Gasteiger partial charge < -0.3 is 25.1 Å². The first-order valence-corrected chi connectivity index (χ1v) is 7.15. The lowest BCUT2D eigenvalue weighted by Gasteiger charge is -2.30. The molecule has 0 radical (unpaired) electrons. The molecule has 0 bridgehead atoms. The molecule has 5 nitrogen and oxygen atoms in total. The highest BCUT2D eigenvalue weighted by molar-refractivity contribution is 9.10. The Kier molecular flexibility index (Phi) is 6.75. The topological polar surface area (TPSA) is 73.9 Å². The number of ether oxygens (including phenoxy) is 3. The molecule has 6 heteroatoms. The highest BCUT2D eigenvalue weighted by atomic mass is 79.9. The number of benzene rings is 1. The van der Waals surface area contributed by atoms with Crippen molar-refractivity contribution in [3.63, 3.8) is 0 Å². The van der Waals surface area contributed by atoms with E-state index in [4.69, 9.17) is 19.9 Å². The first-order chi connectivity index (χ1) is 9.53. The average molecular weight is 348 g/mol. The zero-order valence-corrected chi connectivity index (χ0v) is 13.7. The summed E-state index contributed by atoms with van der Waals surface area (Å²) >= 11 is 3.44. The van der Waals surface area contributed by atoms with Crippen LogP contribution in [0.25, 0.3) is 0 Å². The van der Waals surface area contributed by atoms with E-state index in [2.05, 4.69) is 15.9 Å². The van der Waals surface area contributed by atoms with E-state index in [-0.39, 0.29) is 6.61 Å². The number of methoxy groups -OCH3 is 3. The predicted octanol–water partition coefficient (Wildman–Crippen LogP) is 2.04. The summed E-state index contributed by atoms with van der Waals surface area (Å²) in [5.74, 6) is 1.19. The SMILES string of the molecule is COCC(O)(CCCN)c1ccc(OC)c(Br)c1OC. The molecule has 1 unspecified atom stereocenters. The first-order valence-electron chi connectivity index (χ1n) is 6.36. The molecule has 0 spiro atoms. The third kappa shape index (κ3) is 3.63. The third-order valence-corrected chi connectivity index (χ3v) is 3.92. The summed E-state index contributed by atoms with van der Waals surface area (Å²) in [5, 5.41) is 10.9. The number of halogens is 1. The highest BCUT2D eigenvalue weighted by Gasteiger charge is 2.33. The van der Waals surface area contributed by atoms with Crippen LogP contribution in [-0.2, 0) is 10.3 Å². The highest BCUT2D eigenvalue weighted by Crippen LogP contribution is 2.43. The van der Waals surface area contributed by atoms with E-state index in [0.717, 1.165) is 0 Å². The Labute approximate surface area is 128 Å². The standard InChI is InChI=1S/C14H22BrNO4/c1-18-9-14(17,7-4-8-16)10-5-6-11(19-2)12(15)13(10)20-3/h5-6,17H,4,7-9,16H2,1-3H3. The van der Waals surface area contributed by atoms with Gasteiger partial charge in [0.2, 0.25) is 0 Å². The van der Waals surface area contributed by atoms with Crippen LogP contribution in [0.5, 0.6) is 11.5 Å². The normalized spacial score (nSPS) is 13.9. The Morgan fingerprint density at radius 3 is 2.45 bits per heavy atom. The van der Waals surface area contributed by atoms with Gasteiger partial charge in [-0.25, -0.2) is 0 Å². The molecule has 0 aliphatic heterocycles. The van der Waals surface area contributed by atoms with E-state index < -0.39 is 5.60 Å². The van der Waals surface area contributed by atoms with Gasteiger partial charge in [-0.2, -0.15) is 0 Å². The molecule has 0 heterocycles. The number of aliphatic hydroxyl groups is 1. The fourth-order valence-corrected chi connectivity index (χ4v) is 2.85. The van der Waals surface area contributed by atoms with Crippen molar-refractivity contribution in [1.82, 2.24) is 0 Å². The van der Waals surface area contributed by atoms with Crippen LogP contribution in [0.3, 0.4) is 0 Å². The Morgan fingerprint density at radius 1 is 1.25 bits per heavy atom. The van der Waals surface area contributed by atoms with Gasteiger partial charge in [-0.1, -0.05) is 0 Å². The van der Waals surface area contributed by atoms with E-state index in [0.29, 0.717) is 40.9 Å². The molecular weight excluding hydrogens is 326 g/mol. The molecular formula is C14H22BrNO4. The molecule has 0 aliphatic rings. The number of hydrogen-bond acceptors (Lipinski definition) is 5. The van der Waals surface area contributed by atoms with Gasteiger partial charge in [0.1, 0.15) is 21.6 Å². The molecule has 1 aromatic carbocycles. The van der Waals surface area contributed by atoms with Crippen molar-refractivity contribution < 1.29 is 19.3 Å². The lowest BCUT2D eigenvalue weighted by atomic mass is 9.89. The van der Waals surface area contributed by atoms with Crippen LogP contribution in [0, 0.1) is 0 Å². The molecule has 1 rings (SSSR count). The molecule has 3 N–H and O–H groups in total. The van der Waals surface area contributed by atoms with Crippen molar-refractivity contribution in [1.29, 1.82) is 0 Å². The summed E-state index contributed by atoms with van der Waals surface area (Å²) in [6.45, 7) is 0.674. The Bertz CT molecular complexity index is 441. The molecule has 0 aromatic heterocycles. The van der Waals surface area contributed by atoms with Crippen molar-refractivity contribution in [2.75, 3.05) is 34.5 Å². The van der Waals surface area contributed by atoms with Gasteiger partial charge in [0.15, 0.2) is 0 Å². The molecule has 1 atom stereocenters. The summed E-state index contributed by atoms with van der Waals surface area (Å²) in [7, 11) is 4.69. The summed E-state index contributed by atoms with van der Waals surface area (Å²) < 4.78 is 16.5. The molecule has 0 saturated carbocycles. The molecule has 114 valence electrons. The average Bonchev–Trinajstić information content (AvgIpc) is 2.45. The van der Waals surface area contributed by atoms with Gasteiger partial charge in [-0.3, -0.25) is 0 Å². The number of rotatable bonds is 8. The van der Waals surface area contributed by atoms with E-state index in [1.165, 1.54) is 0 Å². The van der Waals surface area contributed by atoms with Crippen molar-refractivity contribution in [2.24, 2.45) is 5.73 Å². The van der Waals surface area contributed by atoms with Gasteiger partial charge in [0, 0.05) is 12.7 Å². The summed E-state index contributed by atoms with van der Waals surface area (Å²) in [6, 6.07) is 3.57. The van der Waals surface area contributed by atoms with Gasteiger partial charge in [-0.05, 0) is 47.4 Å². The second-order valence-corrected chi connectivity index (χ2v) is 5.31. The monoisotopic (exact) mass is 347 g/mol. The van der Waals surface area contributed by atoms with E-state index in [1.807, 2.05) is 0 Å². The fraction of sp³-hybridized carbons (Fsp3) is 0.571. The van der Waals surface area contributed by atoms with Gasteiger partial charge in [-0.15, -0.1) is 0 Å². The van der Waals surface area contributed by atoms with Crippen molar-refractivity contribution in [3.8, 4) is 11.5 Å². The van der Waals surface area contributed by atoms with Crippen LogP contribution in [-0.4, -0.2) is 39.6 Å². The predicted molar refractivity (Wildman–Crippen MR) is 81.3 cm³/mol. The molecule has 20 heavy (non-hydrogen) atoms. The molecule has 0 fully saturated rings. The Hall–Kier alpha value is -0.820. The van der Waals surface area contributed by atoms with Crippen molar-refractivity contribution >= 4 is 15.9 Å². The Morgan fingerprint density at radius 2 is 1.95 bits per heavy atom. The zero-order chi connectivity index (χ0) is 15.2. The van der Waals surface area contributed by atoms with Crippen LogP contribution in [0.4, 0.5) is 0 Å². The lowest BCUT2D eigenvalue weighted by molar-refractivity contribution is -0.0444. The van der Waals surface area contributed by atoms with Crippen LogP contribution in [0.2, 0.25) is 0 Å². The maximum atomic E-state index is 10.9. The second-order valence-electron chi connectivity index (χ2n) is 4.52. The maximum absolute atomic E-state index is 10.9. The van der Waals surface area contributed by atoms with Crippen LogP contribution < -0.4 is 15.2 Å². The molecule has 0 saturated heterocycles. The van der Waals surface area contributed by atoms with Crippen LogP contribution in [0.1, 0.15) is 18.4 Å². The maximum Gasteiger partial charge on any atom is 0.142 e. The van der Waals surface area contributed by atoms with Gasteiger partial charge in [0.05, 0.1) is 20.8 Å². The van der Waals surface area contributed by atoms with Gasteiger partial charge in [0.25, 0.3) is 0 Å². The molecule has 0 aliphatic carbocycles. The van der Waals surface area contributed by atoms with E-state index >= 15 is 0 Å². The first kappa shape index (κ1) is 17.2. The van der Waals surface area contributed by atoms with Gasteiger partial charge >= 0.3 is 0 Å². The fourth-order valence-electron chi connectivity index (χ4n) is 2.18. The third-order valence-electron chi connectivity index (χ3n) is 3.16. The summed E-state index contributed by atoms with van der Waals surface area (Å²) in [5.41, 5.74) is 5.05. The molecule has 1 aromatic rings. The van der Waals surface area contributed by atoms with Crippen molar-refractivity contribution in [2.45, 2.75) is 18.4 Å². The van der Waals surface area contributed by atoms with Crippen LogP contribution >= 0.6 is 15.9 Å². The Balaban J connectivity index is 3.29.